The fraction of sp³-hybridized carbons (Fsp3) is 0.111. The first-order valence-corrected chi connectivity index (χ1v) is 11.9. The summed E-state index contributed by atoms with van der Waals surface area (Å²) >= 11 is 9.62. The number of nitrogens with one attached hydrogen (secondary N) is 1. The molecule has 1 amide bonds. The van der Waals surface area contributed by atoms with Gasteiger partial charge in [0.05, 0.1) is 5.52 Å². The van der Waals surface area contributed by atoms with Gasteiger partial charge in [-0.3, -0.25) is 9.78 Å². The molecule has 4 nitrogen and oxygen atoms in total. The van der Waals surface area contributed by atoms with E-state index in [4.69, 9.17) is 11.6 Å². The van der Waals surface area contributed by atoms with E-state index in [2.05, 4.69) is 44.4 Å². The third-order valence-corrected chi connectivity index (χ3v) is 6.54. The largest absolute Gasteiger partial charge is 0.355 e. The first-order valence-electron chi connectivity index (χ1n) is 10.7. The van der Waals surface area contributed by atoms with E-state index in [0.29, 0.717) is 23.7 Å². The normalized spacial score (nSPS) is 13.6. The average Bonchev–Trinajstić information content (AvgIpc) is 2.84. The van der Waals surface area contributed by atoms with Crippen LogP contribution in [0.1, 0.15) is 22.3 Å². The van der Waals surface area contributed by atoms with Crippen molar-refractivity contribution < 1.29 is 4.79 Å². The zero-order valence-corrected chi connectivity index (χ0v) is 20.1. The Morgan fingerprint density at radius 3 is 2.64 bits per heavy atom. The van der Waals surface area contributed by atoms with Gasteiger partial charge in [-0.25, -0.2) is 0 Å². The van der Waals surface area contributed by atoms with Crippen LogP contribution in [0.15, 0.2) is 89.5 Å². The molecule has 4 aromatic rings. The van der Waals surface area contributed by atoms with Crippen molar-refractivity contribution in [2.75, 3.05) is 18.4 Å². The number of fused-ring (bicyclic) bond motifs is 1. The zero-order valence-electron chi connectivity index (χ0n) is 17.8. The molecule has 0 aliphatic carbocycles. The van der Waals surface area contributed by atoms with Crippen molar-refractivity contribution in [3.63, 3.8) is 0 Å². The minimum absolute atomic E-state index is 0.0510. The Hall–Kier alpha value is -3.15. The molecule has 3 aromatic carbocycles. The Balaban J connectivity index is 1.28. The predicted octanol–water partition coefficient (Wildman–Crippen LogP) is 7.32. The number of halogens is 2. The fourth-order valence-corrected chi connectivity index (χ4v) is 4.63. The van der Waals surface area contributed by atoms with Gasteiger partial charge in [0.25, 0.3) is 5.91 Å². The maximum absolute atomic E-state index is 13.0. The van der Waals surface area contributed by atoms with Crippen LogP contribution >= 0.6 is 27.5 Å². The Labute approximate surface area is 206 Å². The molecule has 0 unspecified atom stereocenters. The van der Waals surface area contributed by atoms with Gasteiger partial charge in [-0.1, -0.05) is 45.7 Å². The van der Waals surface area contributed by atoms with Crippen molar-refractivity contribution >= 4 is 61.3 Å². The molecule has 0 atom stereocenters. The molecule has 1 aliphatic heterocycles. The SMILES string of the molecule is O=C(c1ccc(Nc2ccnc3cc(Cl)ccc23)cc1)N1CC=C(c2cccc(Br)c2)CC1. The molecule has 5 rings (SSSR count). The molecular weight excluding hydrogens is 498 g/mol. The zero-order chi connectivity index (χ0) is 22.8. The summed E-state index contributed by atoms with van der Waals surface area (Å²) < 4.78 is 1.07. The summed E-state index contributed by atoms with van der Waals surface area (Å²) in [6, 6.07) is 23.5. The van der Waals surface area contributed by atoms with Gasteiger partial charge in [-0.15, -0.1) is 0 Å². The molecule has 1 N–H and O–H groups in total. The Morgan fingerprint density at radius 2 is 1.88 bits per heavy atom. The van der Waals surface area contributed by atoms with Crippen LogP contribution in [-0.2, 0) is 0 Å². The van der Waals surface area contributed by atoms with E-state index < -0.39 is 0 Å². The number of hydrogen-bond acceptors (Lipinski definition) is 3. The van der Waals surface area contributed by atoms with Gasteiger partial charge >= 0.3 is 0 Å². The Kier molecular flexibility index (Phi) is 6.16. The quantitative estimate of drug-likeness (QED) is 0.308. The van der Waals surface area contributed by atoms with Gasteiger partial charge in [0.15, 0.2) is 0 Å². The second kappa shape index (κ2) is 9.38. The highest BCUT2D eigenvalue weighted by molar-refractivity contribution is 9.10. The standard InChI is InChI=1S/C27H21BrClN3O/c28-21-3-1-2-20(16-21)18-11-14-32(15-12-18)27(33)19-4-7-23(8-5-19)31-25-10-13-30-26-17-22(29)6-9-24(25)26/h1-11,13,16-17H,12,14-15H2,(H,30,31). The van der Waals surface area contributed by atoms with Crippen molar-refractivity contribution in [3.8, 4) is 0 Å². The van der Waals surface area contributed by atoms with Crippen molar-refractivity contribution in [1.82, 2.24) is 9.88 Å². The summed E-state index contributed by atoms with van der Waals surface area (Å²) in [6.07, 6.45) is 4.76. The number of nitrogens with zero attached hydrogens (tertiary/aromatic N) is 2. The fourth-order valence-electron chi connectivity index (χ4n) is 4.07. The maximum Gasteiger partial charge on any atom is 0.254 e. The maximum atomic E-state index is 13.0. The third-order valence-electron chi connectivity index (χ3n) is 5.81. The van der Waals surface area contributed by atoms with Crippen molar-refractivity contribution in [2.24, 2.45) is 0 Å². The van der Waals surface area contributed by atoms with Gasteiger partial charge < -0.3 is 10.2 Å². The third kappa shape index (κ3) is 4.80. The van der Waals surface area contributed by atoms with Gasteiger partial charge in [0.1, 0.15) is 0 Å². The van der Waals surface area contributed by atoms with Crippen LogP contribution in [0.4, 0.5) is 11.4 Å². The van der Waals surface area contributed by atoms with Crippen LogP contribution in [0, 0.1) is 0 Å². The van der Waals surface area contributed by atoms with Crippen molar-refractivity contribution in [1.29, 1.82) is 0 Å². The number of carbonyl (C=O) groups is 1. The van der Waals surface area contributed by atoms with E-state index >= 15 is 0 Å². The smallest absolute Gasteiger partial charge is 0.254 e. The number of aromatic nitrogens is 1. The number of amides is 1. The lowest BCUT2D eigenvalue weighted by Crippen LogP contribution is -2.34. The molecule has 164 valence electrons. The molecule has 1 aromatic heterocycles. The number of pyridine rings is 1. The molecular formula is C27H21BrClN3O. The lowest BCUT2D eigenvalue weighted by Gasteiger charge is -2.27. The predicted molar refractivity (Wildman–Crippen MR) is 139 cm³/mol. The number of hydrogen-bond donors (Lipinski definition) is 1. The molecule has 1 aliphatic rings. The van der Waals surface area contributed by atoms with E-state index in [0.717, 1.165) is 33.2 Å². The van der Waals surface area contributed by atoms with Crippen LogP contribution in [0.5, 0.6) is 0 Å². The van der Waals surface area contributed by atoms with Crippen molar-refractivity contribution in [2.45, 2.75) is 6.42 Å². The lowest BCUT2D eigenvalue weighted by atomic mass is 9.99. The van der Waals surface area contributed by atoms with E-state index in [-0.39, 0.29) is 5.91 Å². The summed E-state index contributed by atoms with van der Waals surface area (Å²) in [5, 5.41) is 5.07. The molecule has 0 fully saturated rings. The Bertz CT molecular complexity index is 1370. The van der Waals surface area contributed by atoms with Gasteiger partial charge in [-0.05, 0) is 78.2 Å². The van der Waals surface area contributed by atoms with Crippen LogP contribution in [-0.4, -0.2) is 28.9 Å². The van der Waals surface area contributed by atoms with Crippen molar-refractivity contribution in [3.05, 3.63) is 106 Å². The van der Waals surface area contributed by atoms with E-state index in [9.17, 15) is 4.79 Å². The number of rotatable bonds is 4. The van der Waals surface area contributed by atoms with E-state index in [1.54, 1.807) is 6.20 Å². The first kappa shape index (κ1) is 21.7. The lowest BCUT2D eigenvalue weighted by molar-refractivity contribution is 0.0773. The molecule has 6 heteroatoms. The summed E-state index contributed by atoms with van der Waals surface area (Å²) in [4.78, 5) is 19.3. The molecule has 0 radical (unpaired) electrons. The molecule has 0 saturated carbocycles. The summed E-state index contributed by atoms with van der Waals surface area (Å²) in [5.74, 6) is 0.0510. The highest BCUT2D eigenvalue weighted by Crippen LogP contribution is 2.28. The van der Waals surface area contributed by atoms with Crippen LogP contribution < -0.4 is 5.32 Å². The highest BCUT2D eigenvalue weighted by atomic mass is 79.9. The molecule has 33 heavy (non-hydrogen) atoms. The topological polar surface area (TPSA) is 45.2 Å². The molecule has 0 bridgehead atoms. The molecule has 2 heterocycles. The summed E-state index contributed by atoms with van der Waals surface area (Å²) in [6.45, 7) is 1.33. The van der Waals surface area contributed by atoms with Gasteiger partial charge in [0, 0.05) is 51.1 Å². The van der Waals surface area contributed by atoms with Gasteiger partial charge in [-0.2, -0.15) is 0 Å². The highest BCUT2D eigenvalue weighted by Gasteiger charge is 2.19. The number of carbonyl (C=O) groups excluding carboxylic acids is 1. The van der Waals surface area contributed by atoms with E-state index in [1.807, 2.05) is 65.6 Å². The van der Waals surface area contributed by atoms with Crippen LogP contribution in [0.2, 0.25) is 5.02 Å². The van der Waals surface area contributed by atoms with Gasteiger partial charge in [0.2, 0.25) is 0 Å². The number of anilines is 2. The second-order valence-electron chi connectivity index (χ2n) is 7.96. The summed E-state index contributed by atoms with van der Waals surface area (Å²) in [5.41, 5.74) is 5.86. The van der Waals surface area contributed by atoms with Crippen LogP contribution in [0.3, 0.4) is 0 Å². The molecule has 0 spiro atoms. The average molecular weight is 519 g/mol. The second-order valence-corrected chi connectivity index (χ2v) is 9.32. The Morgan fingerprint density at radius 1 is 1.03 bits per heavy atom. The minimum Gasteiger partial charge on any atom is -0.355 e. The molecule has 0 saturated heterocycles. The van der Waals surface area contributed by atoms with E-state index in [1.165, 1.54) is 11.1 Å². The van der Waals surface area contributed by atoms with Crippen LogP contribution in [0.25, 0.3) is 16.5 Å². The summed E-state index contributed by atoms with van der Waals surface area (Å²) in [7, 11) is 0. The number of benzene rings is 3. The first-order chi connectivity index (χ1) is 16.1. The monoisotopic (exact) mass is 517 g/mol. The minimum atomic E-state index is 0.0510.